The minimum absolute atomic E-state index is 0.121. The highest BCUT2D eigenvalue weighted by Crippen LogP contribution is 2.20. The van der Waals surface area contributed by atoms with Crippen LogP contribution in [0.2, 0.25) is 0 Å². The Morgan fingerprint density at radius 1 is 1.03 bits per heavy atom. The lowest BCUT2D eigenvalue weighted by molar-refractivity contribution is -0.117. The number of piperazine rings is 1. The molecule has 1 aliphatic heterocycles. The molecular weight excluding hydrogens is 422 g/mol. The fourth-order valence-corrected chi connectivity index (χ4v) is 4.45. The highest BCUT2D eigenvalue weighted by atomic mass is 32.1. The number of carbonyl (C=O) groups excluding carboxylic acids is 2. The van der Waals surface area contributed by atoms with E-state index in [9.17, 15) is 9.59 Å². The minimum atomic E-state index is -0.214. The molecule has 2 heterocycles. The van der Waals surface area contributed by atoms with Crippen LogP contribution in [0.4, 0.5) is 10.8 Å². The summed E-state index contributed by atoms with van der Waals surface area (Å²) in [6.07, 6.45) is 1.81. The fraction of sp³-hybridized carbons (Fsp3) is 0.292. The number of aromatic nitrogens is 1. The lowest BCUT2D eigenvalue weighted by Crippen LogP contribution is -2.48. The molecule has 2 N–H and O–H groups in total. The van der Waals surface area contributed by atoms with Gasteiger partial charge in [-0.15, -0.1) is 11.3 Å². The second-order valence-corrected chi connectivity index (χ2v) is 8.65. The Morgan fingerprint density at radius 2 is 1.75 bits per heavy atom. The van der Waals surface area contributed by atoms with Gasteiger partial charge in [0.15, 0.2) is 5.13 Å². The molecule has 32 heavy (non-hydrogen) atoms. The first-order valence-corrected chi connectivity index (χ1v) is 11.6. The fourth-order valence-electron chi connectivity index (χ4n) is 3.75. The number of benzene rings is 2. The highest BCUT2D eigenvalue weighted by Gasteiger charge is 2.21. The number of amides is 2. The molecule has 4 rings (SSSR count). The normalized spacial score (nSPS) is 15.2. The first-order valence-electron chi connectivity index (χ1n) is 10.7. The maximum absolute atomic E-state index is 12.9. The first kappa shape index (κ1) is 22.0. The second kappa shape index (κ2) is 10.4. The van der Waals surface area contributed by atoms with E-state index in [1.54, 1.807) is 29.5 Å². The van der Waals surface area contributed by atoms with Gasteiger partial charge >= 0.3 is 0 Å². The quantitative estimate of drug-likeness (QED) is 0.578. The molecule has 1 unspecified atom stereocenters. The monoisotopic (exact) mass is 449 g/mol. The molecule has 8 heteroatoms. The summed E-state index contributed by atoms with van der Waals surface area (Å²) in [7, 11) is 0. The van der Waals surface area contributed by atoms with Gasteiger partial charge in [0.05, 0.1) is 23.8 Å². The van der Waals surface area contributed by atoms with Crippen LogP contribution >= 0.6 is 11.3 Å². The number of para-hydroxylation sites is 1. The van der Waals surface area contributed by atoms with Gasteiger partial charge in [0.2, 0.25) is 5.91 Å². The maximum Gasteiger partial charge on any atom is 0.253 e. The van der Waals surface area contributed by atoms with Gasteiger partial charge in [0.25, 0.3) is 5.91 Å². The zero-order valence-corrected chi connectivity index (χ0v) is 18.8. The van der Waals surface area contributed by atoms with Crippen LogP contribution in [0.1, 0.15) is 28.9 Å². The summed E-state index contributed by atoms with van der Waals surface area (Å²) in [5, 5.41) is 8.94. The van der Waals surface area contributed by atoms with E-state index in [1.807, 2.05) is 54.9 Å². The Morgan fingerprint density at radius 3 is 2.47 bits per heavy atom. The molecule has 1 saturated heterocycles. The molecule has 0 bridgehead atoms. The van der Waals surface area contributed by atoms with E-state index in [1.165, 1.54) is 0 Å². The predicted octanol–water partition coefficient (Wildman–Crippen LogP) is 3.39. The van der Waals surface area contributed by atoms with E-state index in [-0.39, 0.29) is 17.9 Å². The molecule has 1 atom stereocenters. The topological polar surface area (TPSA) is 77.6 Å². The molecule has 2 amide bonds. The summed E-state index contributed by atoms with van der Waals surface area (Å²) in [5.74, 6) is -0.335. The molecule has 2 aromatic carbocycles. The SMILES string of the molecule is CC(NC(=O)c1ccccc1NC(=O)CN1CCN(c2nccs2)CC1)c1ccccc1. The summed E-state index contributed by atoms with van der Waals surface area (Å²) in [5.41, 5.74) is 2.01. The third-order valence-electron chi connectivity index (χ3n) is 5.52. The summed E-state index contributed by atoms with van der Waals surface area (Å²) in [6, 6.07) is 16.8. The van der Waals surface area contributed by atoms with Gasteiger partial charge in [-0.3, -0.25) is 14.5 Å². The van der Waals surface area contributed by atoms with Gasteiger partial charge in [0.1, 0.15) is 0 Å². The standard InChI is InChI=1S/C24H27N5O2S/c1-18(19-7-3-2-4-8-19)26-23(31)20-9-5-6-10-21(20)27-22(30)17-28-12-14-29(15-13-28)24-25-11-16-32-24/h2-11,16,18H,12-15,17H2,1H3,(H,26,31)(H,27,30). The van der Waals surface area contributed by atoms with Crippen molar-refractivity contribution in [1.29, 1.82) is 0 Å². The second-order valence-electron chi connectivity index (χ2n) is 7.78. The molecule has 0 saturated carbocycles. The van der Waals surface area contributed by atoms with Crippen molar-refractivity contribution in [2.24, 2.45) is 0 Å². The van der Waals surface area contributed by atoms with E-state index >= 15 is 0 Å². The number of carbonyl (C=O) groups is 2. The van der Waals surface area contributed by atoms with Gasteiger partial charge < -0.3 is 15.5 Å². The Hall–Kier alpha value is -3.23. The van der Waals surface area contributed by atoms with Crippen LogP contribution in [0.15, 0.2) is 66.2 Å². The van der Waals surface area contributed by atoms with Gasteiger partial charge in [-0.25, -0.2) is 4.98 Å². The van der Waals surface area contributed by atoms with Crippen molar-refractivity contribution in [3.63, 3.8) is 0 Å². The average Bonchev–Trinajstić information content (AvgIpc) is 3.35. The molecule has 0 aliphatic carbocycles. The van der Waals surface area contributed by atoms with Gasteiger partial charge in [0, 0.05) is 37.8 Å². The molecule has 0 radical (unpaired) electrons. The van der Waals surface area contributed by atoms with E-state index in [0.29, 0.717) is 17.8 Å². The van der Waals surface area contributed by atoms with Crippen LogP contribution in [0.5, 0.6) is 0 Å². The minimum Gasteiger partial charge on any atom is -0.346 e. The average molecular weight is 450 g/mol. The summed E-state index contributed by atoms with van der Waals surface area (Å²) in [6.45, 7) is 5.52. The van der Waals surface area contributed by atoms with E-state index in [0.717, 1.165) is 36.9 Å². The zero-order chi connectivity index (χ0) is 22.3. The molecule has 7 nitrogen and oxygen atoms in total. The van der Waals surface area contributed by atoms with Crippen molar-refractivity contribution >= 4 is 34.0 Å². The van der Waals surface area contributed by atoms with Gasteiger partial charge in [-0.05, 0) is 24.6 Å². The first-order chi connectivity index (χ1) is 15.6. The predicted molar refractivity (Wildman–Crippen MR) is 128 cm³/mol. The van der Waals surface area contributed by atoms with Crippen LogP contribution in [0, 0.1) is 0 Å². The lowest BCUT2D eigenvalue weighted by atomic mass is 10.1. The van der Waals surface area contributed by atoms with Crippen molar-refractivity contribution < 1.29 is 9.59 Å². The summed E-state index contributed by atoms with van der Waals surface area (Å²) < 4.78 is 0. The molecule has 1 aliphatic rings. The van der Waals surface area contributed by atoms with E-state index < -0.39 is 0 Å². The zero-order valence-electron chi connectivity index (χ0n) is 18.0. The van der Waals surface area contributed by atoms with Gasteiger partial charge in [-0.2, -0.15) is 0 Å². The number of rotatable bonds is 7. The molecule has 3 aromatic rings. The smallest absolute Gasteiger partial charge is 0.253 e. The van der Waals surface area contributed by atoms with Crippen molar-refractivity contribution in [2.75, 3.05) is 42.9 Å². The lowest BCUT2D eigenvalue weighted by Gasteiger charge is -2.34. The highest BCUT2D eigenvalue weighted by molar-refractivity contribution is 7.13. The third-order valence-corrected chi connectivity index (χ3v) is 6.35. The largest absolute Gasteiger partial charge is 0.346 e. The number of nitrogens with one attached hydrogen (secondary N) is 2. The van der Waals surface area contributed by atoms with Crippen molar-refractivity contribution in [3.8, 4) is 0 Å². The van der Waals surface area contributed by atoms with Crippen molar-refractivity contribution in [2.45, 2.75) is 13.0 Å². The van der Waals surface area contributed by atoms with Crippen LogP contribution < -0.4 is 15.5 Å². The van der Waals surface area contributed by atoms with Crippen molar-refractivity contribution in [3.05, 3.63) is 77.3 Å². The maximum atomic E-state index is 12.9. The molecule has 1 fully saturated rings. The number of hydrogen-bond acceptors (Lipinski definition) is 6. The van der Waals surface area contributed by atoms with Crippen molar-refractivity contribution in [1.82, 2.24) is 15.2 Å². The molecule has 166 valence electrons. The summed E-state index contributed by atoms with van der Waals surface area (Å²) >= 11 is 1.63. The number of thiazole rings is 1. The van der Waals surface area contributed by atoms with Crippen LogP contribution in [-0.4, -0.2) is 54.4 Å². The van der Waals surface area contributed by atoms with Crippen LogP contribution in [0.3, 0.4) is 0 Å². The molecule has 1 aromatic heterocycles. The number of hydrogen-bond donors (Lipinski definition) is 2. The summed E-state index contributed by atoms with van der Waals surface area (Å²) in [4.78, 5) is 34.3. The van der Waals surface area contributed by atoms with Gasteiger partial charge in [-0.1, -0.05) is 42.5 Å². The Bertz CT molecular complexity index is 1030. The Labute approximate surface area is 192 Å². The Kier molecular flexibility index (Phi) is 7.14. The van der Waals surface area contributed by atoms with E-state index in [4.69, 9.17) is 0 Å². The van der Waals surface area contributed by atoms with Crippen LogP contribution in [0.25, 0.3) is 0 Å². The van der Waals surface area contributed by atoms with E-state index in [2.05, 4.69) is 25.4 Å². The number of anilines is 2. The number of nitrogens with zero attached hydrogens (tertiary/aromatic N) is 3. The molecule has 0 spiro atoms. The van der Waals surface area contributed by atoms with Crippen LogP contribution in [-0.2, 0) is 4.79 Å². The Balaban J connectivity index is 1.32. The molecular formula is C24H27N5O2S. The third kappa shape index (κ3) is 5.52.